The van der Waals surface area contributed by atoms with Gasteiger partial charge in [-0.15, -0.1) is 0 Å². The van der Waals surface area contributed by atoms with E-state index < -0.39 is 10.0 Å². The van der Waals surface area contributed by atoms with E-state index in [4.69, 9.17) is 7.85 Å². The number of fused-ring (bicyclic) bond motifs is 5. The number of nitrogens with zero attached hydrogens (tertiary/aromatic N) is 1. The first-order chi connectivity index (χ1) is 12.6. The van der Waals surface area contributed by atoms with Gasteiger partial charge in [0, 0.05) is 27.9 Å². The van der Waals surface area contributed by atoms with E-state index in [1.165, 1.54) is 3.97 Å². The number of nitrogens with one attached hydrogen (secondary N) is 1. The Bertz CT molecular complexity index is 1400. The Morgan fingerprint density at radius 3 is 2.50 bits per heavy atom. The molecule has 0 fully saturated rings. The SMILES string of the molecule is [B]c1ccc2[nH]c3c(ccc4ccn(S(=O)(=O)c5ccccc5)c43)c2c1. The van der Waals surface area contributed by atoms with Crippen LogP contribution < -0.4 is 5.46 Å². The fourth-order valence-corrected chi connectivity index (χ4v) is 4.87. The van der Waals surface area contributed by atoms with Crippen molar-refractivity contribution in [3.05, 3.63) is 72.9 Å². The van der Waals surface area contributed by atoms with Crippen molar-refractivity contribution >= 4 is 56.0 Å². The smallest absolute Gasteiger partial charge is 0.268 e. The van der Waals surface area contributed by atoms with Crippen molar-refractivity contribution in [2.75, 3.05) is 0 Å². The zero-order valence-corrected chi connectivity index (χ0v) is 14.5. The van der Waals surface area contributed by atoms with E-state index in [2.05, 4.69) is 4.98 Å². The molecule has 0 bridgehead atoms. The molecule has 0 spiro atoms. The highest BCUT2D eigenvalue weighted by molar-refractivity contribution is 7.90. The van der Waals surface area contributed by atoms with E-state index in [-0.39, 0.29) is 4.90 Å². The molecule has 6 heteroatoms. The second-order valence-electron chi connectivity index (χ2n) is 6.29. The summed E-state index contributed by atoms with van der Waals surface area (Å²) in [7, 11) is 2.24. The van der Waals surface area contributed by atoms with Crippen LogP contribution in [0.3, 0.4) is 0 Å². The maximum Gasteiger partial charge on any atom is 0.268 e. The van der Waals surface area contributed by atoms with Crippen LogP contribution in [0.4, 0.5) is 0 Å². The zero-order chi connectivity index (χ0) is 17.9. The Morgan fingerprint density at radius 1 is 0.885 bits per heavy atom. The lowest BCUT2D eigenvalue weighted by molar-refractivity contribution is 0.589. The fourth-order valence-electron chi connectivity index (χ4n) is 3.49. The molecule has 4 nitrogen and oxygen atoms in total. The molecule has 0 aliphatic heterocycles. The molecule has 0 unspecified atom stereocenters. The minimum Gasteiger partial charge on any atom is -0.353 e. The first-order valence-corrected chi connectivity index (χ1v) is 9.61. The summed E-state index contributed by atoms with van der Waals surface area (Å²) in [6.07, 6.45) is 1.60. The number of aromatic amines is 1. The van der Waals surface area contributed by atoms with Crippen molar-refractivity contribution in [3.8, 4) is 0 Å². The van der Waals surface area contributed by atoms with Crippen LogP contribution in [0.2, 0.25) is 0 Å². The van der Waals surface area contributed by atoms with Gasteiger partial charge in [0.1, 0.15) is 7.85 Å². The first-order valence-electron chi connectivity index (χ1n) is 8.17. The average Bonchev–Trinajstić information content (AvgIpc) is 3.23. The Morgan fingerprint density at radius 2 is 1.69 bits per heavy atom. The highest BCUT2D eigenvalue weighted by atomic mass is 32.2. The molecule has 26 heavy (non-hydrogen) atoms. The zero-order valence-electron chi connectivity index (χ0n) is 13.7. The summed E-state index contributed by atoms with van der Waals surface area (Å²) in [5.74, 6) is 0. The lowest BCUT2D eigenvalue weighted by Crippen LogP contribution is -2.11. The Labute approximate surface area is 151 Å². The number of hydrogen-bond donors (Lipinski definition) is 1. The van der Waals surface area contributed by atoms with Gasteiger partial charge in [0.2, 0.25) is 0 Å². The maximum absolute atomic E-state index is 13.2. The predicted molar refractivity (Wildman–Crippen MR) is 106 cm³/mol. The molecular formula is C20H13BN2O2S. The van der Waals surface area contributed by atoms with Crippen LogP contribution in [0.15, 0.2) is 77.8 Å². The summed E-state index contributed by atoms with van der Waals surface area (Å²) >= 11 is 0. The van der Waals surface area contributed by atoms with Gasteiger partial charge in [-0.05, 0) is 24.3 Å². The summed E-state index contributed by atoms with van der Waals surface area (Å²) < 4.78 is 27.6. The second-order valence-corrected chi connectivity index (χ2v) is 8.10. The molecule has 0 amide bonds. The maximum atomic E-state index is 13.2. The van der Waals surface area contributed by atoms with Crippen molar-refractivity contribution in [3.63, 3.8) is 0 Å². The summed E-state index contributed by atoms with van der Waals surface area (Å²) in [4.78, 5) is 3.62. The highest BCUT2D eigenvalue weighted by Gasteiger charge is 2.21. The third-order valence-corrected chi connectivity index (χ3v) is 6.40. The minimum atomic E-state index is -3.69. The van der Waals surface area contributed by atoms with Crippen LogP contribution in [0.25, 0.3) is 32.7 Å². The molecule has 2 aromatic heterocycles. The summed E-state index contributed by atoms with van der Waals surface area (Å²) in [5.41, 5.74) is 3.02. The van der Waals surface area contributed by atoms with Crippen LogP contribution in [-0.2, 0) is 10.0 Å². The quantitative estimate of drug-likeness (QED) is 0.494. The summed E-state index contributed by atoms with van der Waals surface area (Å²) in [6, 6.07) is 19.8. The normalized spacial score (nSPS) is 12.3. The third-order valence-electron chi connectivity index (χ3n) is 4.71. The third kappa shape index (κ3) is 2.05. The van der Waals surface area contributed by atoms with Gasteiger partial charge < -0.3 is 4.98 Å². The van der Waals surface area contributed by atoms with Crippen molar-refractivity contribution in [1.82, 2.24) is 8.96 Å². The van der Waals surface area contributed by atoms with Crippen LogP contribution in [0.1, 0.15) is 0 Å². The monoisotopic (exact) mass is 356 g/mol. The molecular weight excluding hydrogens is 343 g/mol. The van der Waals surface area contributed by atoms with E-state index in [1.54, 1.807) is 36.5 Å². The van der Waals surface area contributed by atoms with E-state index in [9.17, 15) is 8.42 Å². The highest BCUT2D eigenvalue weighted by Crippen LogP contribution is 2.33. The van der Waals surface area contributed by atoms with Crippen LogP contribution in [-0.4, -0.2) is 25.2 Å². The van der Waals surface area contributed by atoms with Crippen LogP contribution >= 0.6 is 0 Å². The molecule has 0 saturated heterocycles. The minimum absolute atomic E-state index is 0.259. The van der Waals surface area contributed by atoms with Gasteiger partial charge in [-0.1, -0.05) is 47.9 Å². The van der Waals surface area contributed by atoms with Crippen molar-refractivity contribution < 1.29 is 8.42 Å². The number of hydrogen-bond acceptors (Lipinski definition) is 2. The van der Waals surface area contributed by atoms with Gasteiger partial charge in [-0.2, -0.15) is 0 Å². The largest absolute Gasteiger partial charge is 0.353 e. The van der Waals surface area contributed by atoms with Gasteiger partial charge in [0.05, 0.1) is 15.9 Å². The molecule has 124 valence electrons. The summed E-state index contributed by atoms with van der Waals surface area (Å²) in [5, 5.41) is 2.78. The molecule has 2 radical (unpaired) electrons. The summed E-state index contributed by atoms with van der Waals surface area (Å²) in [6.45, 7) is 0. The lowest BCUT2D eigenvalue weighted by Gasteiger charge is -2.08. The Hall–Kier alpha value is -2.99. The number of rotatable bonds is 2. The number of aromatic nitrogens is 2. The average molecular weight is 356 g/mol. The van der Waals surface area contributed by atoms with E-state index >= 15 is 0 Å². The molecule has 0 aliphatic carbocycles. The second kappa shape index (κ2) is 5.25. The molecule has 2 heterocycles. The van der Waals surface area contributed by atoms with Crippen molar-refractivity contribution in [1.29, 1.82) is 0 Å². The molecule has 5 aromatic rings. The molecule has 0 saturated carbocycles. The van der Waals surface area contributed by atoms with E-state index in [0.717, 1.165) is 27.2 Å². The molecule has 3 aromatic carbocycles. The topological polar surface area (TPSA) is 54.9 Å². The van der Waals surface area contributed by atoms with Gasteiger partial charge in [-0.25, -0.2) is 12.4 Å². The van der Waals surface area contributed by atoms with Gasteiger partial charge in [0.25, 0.3) is 10.0 Å². The predicted octanol–water partition coefficient (Wildman–Crippen LogP) is 3.31. The molecule has 5 rings (SSSR count). The molecule has 0 atom stereocenters. The van der Waals surface area contributed by atoms with Gasteiger partial charge in [0.15, 0.2) is 0 Å². The van der Waals surface area contributed by atoms with Crippen molar-refractivity contribution in [2.45, 2.75) is 4.90 Å². The Kier molecular flexibility index (Phi) is 3.09. The van der Waals surface area contributed by atoms with Gasteiger partial charge in [-0.3, -0.25) is 0 Å². The standard InChI is InChI=1S/C20H13BN2O2S/c21-14-7-9-18-17(12-14)16-8-6-13-10-11-23(20(13)19(16)22-18)26(24,25)15-4-2-1-3-5-15/h1-12,22H. The first kappa shape index (κ1) is 15.3. The van der Waals surface area contributed by atoms with Gasteiger partial charge >= 0.3 is 0 Å². The van der Waals surface area contributed by atoms with Crippen LogP contribution in [0.5, 0.6) is 0 Å². The fraction of sp³-hybridized carbons (Fsp3) is 0. The van der Waals surface area contributed by atoms with E-state index in [1.807, 2.05) is 36.4 Å². The van der Waals surface area contributed by atoms with E-state index in [0.29, 0.717) is 11.0 Å². The number of benzene rings is 3. The molecule has 1 N–H and O–H groups in total. The Balaban J connectivity index is 1.91. The molecule has 0 aliphatic rings. The number of H-pyrrole nitrogens is 1. The van der Waals surface area contributed by atoms with Crippen molar-refractivity contribution in [2.24, 2.45) is 0 Å². The van der Waals surface area contributed by atoms with Crippen LogP contribution in [0, 0.1) is 0 Å². The lowest BCUT2D eigenvalue weighted by atomic mass is 9.94.